The van der Waals surface area contributed by atoms with Crippen molar-refractivity contribution in [3.05, 3.63) is 17.8 Å². The van der Waals surface area contributed by atoms with Crippen molar-refractivity contribution in [3.63, 3.8) is 0 Å². The van der Waals surface area contributed by atoms with Gasteiger partial charge >= 0.3 is 5.97 Å². The Morgan fingerprint density at radius 3 is 3.18 bits per heavy atom. The number of hydrogen-bond donors (Lipinski definition) is 2. The number of carboxylic acid groups (broad SMARTS) is 1. The molecule has 0 aliphatic rings. The van der Waals surface area contributed by atoms with E-state index in [1.54, 1.807) is 0 Å². The van der Waals surface area contributed by atoms with Gasteiger partial charge in [-0.3, -0.25) is 0 Å². The molecule has 0 bridgehead atoms. The van der Waals surface area contributed by atoms with Gasteiger partial charge in [-0.15, -0.1) is 0 Å². The molecule has 2 aromatic heterocycles. The molecule has 0 atom stereocenters. The molecule has 8 heteroatoms. The minimum atomic E-state index is -1.16. The summed E-state index contributed by atoms with van der Waals surface area (Å²) in [6, 6.07) is 0. The minimum Gasteiger partial charge on any atom is -0.476 e. The monoisotopic (exact) mass is 238 g/mol. The number of nitrogens with zero attached hydrogens (tertiary/aromatic N) is 3. The van der Waals surface area contributed by atoms with Crippen molar-refractivity contribution in [2.75, 3.05) is 6.61 Å². The summed E-state index contributed by atoms with van der Waals surface area (Å²) < 4.78 is 10.0. The van der Waals surface area contributed by atoms with Crippen LogP contribution in [0.15, 0.2) is 10.9 Å². The summed E-state index contributed by atoms with van der Waals surface area (Å²) >= 11 is 0. The van der Waals surface area contributed by atoms with Crippen LogP contribution >= 0.6 is 0 Å². The van der Waals surface area contributed by atoms with Gasteiger partial charge in [-0.05, 0) is 6.92 Å². The molecular weight excluding hydrogens is 228 g/mol. The standard InChI is InChI=1S/C9H10N4O4/c1-2-16-3-5-12-8(17-13-5)6-7(9(14)15)11-4-10-6/h4H,2-3H2,1H3,(H,10,11)(H,14,15). The Morgan fingerprint density at radius 2 is 2.47 bits per heavy atom. The summed E-state index contributed by atoms with van der Waals surface area (Å²) in [7, 11) is 0. The number of H-pyrrole nitrogens is 1. The average molecular weight is 238 g/mol. The van der Waals surface area contributed by atoms with Crippen LogP contribution in [-0.4, -0.2) is 37.8 Å². The van der Waals surface area contributed by atoms with Crippen LogP contribution in [0.3, 0.4) is 0 Å². The molecule has 0 aliphatic carbocycles. The van der Waals surface area contributed by atoms with Crippen LogP contribution in [0.2, 0.25) is 0 Å². The molecule has 0 aromatic carbocycles. The highest BCUT2D eigenvalue weighted by atomic mass is 16.5. The first kappa shape index (κ1) is 11.3. The predicted molar refractivity (Wildman–Crippen MR) is 54.2 cm³/mol. The largest absolute Gasteiger partial charge is 0.476 e. The van der Waals surface area contributed by atoms with E-state index in [0.29, 0.717) is 12.4 Å². The molecule has 2 N–H and O–H groups in total. The van der Waals surface area contributed by atoms with E-state index in [2.05, 4.69) is 20.1 Å². The Labute approximate surface area is 95.6 Å². The minimum absolute atomic E-state index is 0.0783. The number of carbonyl (C=O) groups is 1. The SMILES string of the molecule is CCOCc1noc(-c2[nH]cnc2C(=O)O)n1. The maximum atomic E-state index is 10.8. The van der Waals surface area contributed by atoms with Crippen molar-refractivity contribution in [1.82, 2.24) is 20.1 Å². The van der Waals surface area contributed by atoms with Crippen molar-refractivity contribution in [2.45, 2.75) is 13.5 Å². The normalized spacial score (nSPS) is 10.6. The van der Waals surface area contributed by atoms with Crippen molar-refractivity contribution in [2.24, 2.45) is 0 Å². The molecule has 0 radical (unpaired) electrons. The van der Waals surface area contributed by atoms with E-state index in [1.807, 2.05) is 6.92 Å². The number of aromatic amines is 1. The van der Waals surface area contributed by atoms with E-state index in [1.165, 1.54) is 6.33 Å². The van der Waals surface area contributed by atoms with Gasteiger partial charge in [0.1, 0.15) is 12.3 Å². The summed E-state index contributed by atoms with van der Waals surface area (Å²) in [5, 5.41) is 12.5. The van der Waals surface area contributed by atoms with Gasteiger partial charge in [-0.25, -0.2) is 9.78 Å². The molecule has 0 saturated heterocycles. The van der Waals surface area contributed by atoms with Gasteiger partial charge in [0.25, 0.3) is 5.89 Å². The predicted octanol–water partition coefficient (Wildman–Crippen LogP) is 0.694. The highest BCUT2D eigenvalue weighted by molar-refractivity contribution is 5.91. The zero-order valence-electron chi connectivity index (χ0n) is 9.01. The third-order valence-corrected chi connectivity index (χ3v) is 1.96. The van der Waals surface area contributed by atoms with Gasteiger partial charge in [0.2, 0.25) is 0 Å². The molecule has 0 fully saturated rings. The molecular formula is C9H10N4O4. The molecule has 2 rings (SSSR count). The summed E-state index contributed by atoms with van der Waals surface area (Å²) in [6.07, 6.45) is 1.26. The first-order valence-electron chi connectivity index (χ1n) is 4.89. The Kier molecular flexibility index (Phi) is 3.15. The first-order valence-corrected chi connectivity index (χ1v) is 4.89. The fourth-order valence-electron chi connectivity index (χ4n) is 1.23. The zero-order chi connectivity index (χ0) is 12.3. The smallest absolute Gasteiger partial charge is 0.356 e. The number of aromatic carboxylic acids is 1. The van der Waals surface area contributed by atoms with Gasteiger partial charge in [0.05, 0.1) is 6.33 Å². The number of hydrogen-bond acceptors (Lipinski definition) is 6. The molecule has 0 amide bonds. The van der Waals surface area contributed by atoms with Gasteiger partial charge in [-0.2, -0.15) is 4.98 Å². The third kappa shape index (κ3) is 2.31. The van der Waals surface area contributed by atoms with Crippen molar-refractivity contribution >= 4 is 5.97 Å². The Bertz CT molecular complexity index is 519. The maximum Gasteiger partial charge on any atom is 0.356 e. The fraction of sp³-hybridized carbons (Fsp3) is 0.333. The summed E-state index contributed by atoms with van der Waals surface area (Å²) in [6.45, 7) is 2.60. The first-order chi connectivity index (χ1) is 8.22. The van der Waals surface area contributed by atoms with Gasteiger partial charge in [0.15, 0.2) is 11.5 Å². The lowest BCUT2D eigenvalue weighted by Gasteiger charge is -1.92. The molecule has 0 spiro atoms. The average Bonchev–Trinajstić information content (AvgIpc) is 2.94. The summed E-state index contributed by atoms with van der Waals surface area (Å²) in [4.78, 5) is 21.1. The van der Waals surface area contributed by atoms with Crippen molar-refractivity contribution < 1.29 is 19.2 Å². The molecule has 2 heterocycles. The molecule has 0 unspecified atom stereocenters. The number of rotatable bonds is 5. The van der Waals surface area contributed by atoms with E-state index >= 15 is 0 Å². The van der Waals surface area contributed by atoms with Gasteiger partial charge in [-0.1, -0.05) is 5.16 Å². The second kappa shape index (κ2) is 4.74. The van der Waals surface area contributed by atoms with E-state index in [0.717, 1.165) is 0 Å². The lowest BCUT2D eigenvalue weighted by Crippen LogP contribution is -1.99. The number of imidazole rings is 1. The molecule has 8 nitrogen and oxygen atoms in total. The molecule has 90 valence electrons. The van der Waals surface area contributed by atoms with E-state index in [-0.39, 0.29) is 23.9 Å². The zero-order valence-corrected chi connectivity index (χ0v) is 9.01. The van der Waals surface area contributed by atoms with Crippen LogP contribution in [0.25, 0.3) is 11.6 Å². The lowest BCUT2D eigenvalue weighted by atomic mass is 10.3. The topological polar surface area (TPSA) is 114 Å². The quantitative estimate of drug-likeness (QED) is 0.787. The summed E-state index contributed by atoms with van der Waals surface area (Å²) in [5.74, 6) is -0.729. The van der Waals surface area contributed by atoms with Crippen LogP contribution < -0.4 is 0 Å². The molecule has 17 heavy (non-hydrogen) atoms. The van der Waals surface area contributed by atoms with Gasteiger partial charge in [0, 0.05) is 6.61 Å². The van der Waals surface area contributed by atoms with Crippen LogP contribution in [0.5, 0.6) is 0 Å². The highest BCUT2D eigenvalue weighted by Gasteiger charge is 2.19. The lowest BCUT2D eigenvalue weighted by molar-refractivity contribution is 0.0691. The highest BCUT2D eigenvalue weighted by Crippen LogP contribution is 2.18. The third-order valence-electron chi connectivity index (χ3n) is 1.96. The van der Waals surface area contributed by atoms with E-state index in [9.17, 15) is 4.79 Å². The van der Waals surface area contributed by atoms with Crippen molar-refractivity contribution in [3.8, 4) is 11.6 Å². The summed E-state index contributed by atoms with van der Waals surface area (Å²) in [5.41, 5.74) is 0.0318. The number of aromatic nitrogens is 4. The second-order valence-corrected chi connectivity index (χ2v) is 3.08. The van der Waals surface area contributed by atoms with Crippen LogP contribution in [0.4, 0.5) is 0 Å². The molecule has 0 saturated carbocycles. The number of nitrogens with one attached hydrogen (secondary N) is 1. The Hall–Kier alpha value is -2.22. The maximum absolute atomic E-state index is 10.8. The molecule has 0 aliphatic heterocycles. The Morgan fingerprint density at radius 1 is 1.65 bits per heavy atom. The fourth-order valence-corrected chi connectivity index (χ4v) is 1.23. The van der Waals surface area contributed by atoms with Crippen LogP contribution in [-0.2, 0) is 11.3 Å². The number of carboxylic acids is 1. The number of ether oxygens (including phenoxy) is 1. The second-order valence-electron chi connectivity index (χ2n) is 3.08. The Balaban J connectivity index is 2.24. The van der Waals surface area contributed by atoms with Gasteiger partial charge < -0.3 is 19.4 Å². The molecule has 2 aromatic rings. The van der Waals surface area contributed by atoms with Crippen LogP contribution in [0.1, 0.15) is 23.2 Å². The van der Waals surface area contributed by atoms with E-state index < -0.39 is 5.97 Å². The van der Waals surface area contributed by atoms with Crippen molar-refractivity contribution in [1.29, 1.82) is 0 Å². The van der Waals surface area contributed by atoms with Crippen LogP contribution in [0, 0.1) is 0 Å². The van der Waals surface area contributed by atoms with E-state index in [4.69, 9.17) is 14.4 Å².